The highest BCUT2D eigenvalue weighted by atomic mass is 16.5. The highest BCUT2D eigenvalue weighted by molar-refractivity contribution is 5.87. The first-order chi connectivity index (χ1) is 14.6. The summed E-state index contributed by atoms with van der Waals surface area (Å²) in [4.78, 5) is 15.1. The van der Waals surface area contributed by atoms with E-state index < -0.39 is 0 Å². The van der Waals surface area contributed by atoms with Crippen molar-refractivity contribution in [2.24, 2.45) is 7.05 Å². The Hall–Kier alpha value is -3.31. The molecule has 0 amide bonds. The molecule has 2 aromatic carbocycles. The topological polar surface area (TPSA) is 39.4 Å². The molecule has 0 saturated heterocycles. The molecule has 3 heterocycles. The van der Waals surface area contributed by atoms with Crippen LogP contribution in [0.1, 0.15) is 16.8 Å². The maximum absolute atomic E-state index is 12.8. The molecule has 4 aromatic rings. The predicted octanol–water partition coefficient (Wildman–Crippen LogP) is 3.90. The lowest BCUT2D eigenvalue weighted by Gasteiger charge is -2.23. The largest absolute Gasteiger partial charge is 0.489 e. The van der Waals surface area contributed by atoms with Crippen molar-refractivity contribution in [1.82, 2.24) is 14.0 Å². The van der Waals surface area contributed by atoms with Gasteiger partial charge in [0, 0.05) is 49.9 Å². The number of pyridine rings is 1. The Balaban J connectivity index is 1.45. The van der Waals surface area contributed by atoms with E-state index in [0.29, 0.717) is 12.4 Å². The molecule has 0 N–H and O–H groups in total. The smallest absolute Gasteiger partial charge is 0.258 e. The van der Waals surface area contributed by atoms with Crippen LogP contribution in [0.15, 0.2) is 71.7 Å². The first-order valence-electron chi connectivity index (χ1n) is 10.3. The van der Waals surface area contributed by atoms with Crippen LogP contribution in [0.4, 0.5) is 0 Å². The highest BCUT2D eigenvalue weighted by Crippen LogP contribution is 2.31. The minimum Gasteiger partial charge on any atom is -0.489 e. The van der Waals surface area contributed by atoms with Crippen molar-refractivity contribution >= 4 is 10.9 Å². The zero-order valence-electron chi connectivity index (χ0n) is 17.3. The minimum atomic E-state index is -0.0985. The van der Waals surface area contributed by atoms with Gasteiger partial charge in [-0.1, -0.05) is 36.4 Å². The van der Waals surface area contributed by atoms with E-state index in [2.05, 4.69) is 35.7 Å². The average Bonchev–Trinajstić information content (AvgIpc) is 3.04. The summed E-state index contributed by atoms with van der Waals surface area (Å²) < 4.78 is 9.75. The van der Waals surface area contributed by atoms with E-state index in [1.807, 2.05) is 42.5 Å². The monoisotopic (exact) mass is 399 g/mol. The maximum Gasteiger partial charge on any atom is 0.258 e. The van der Waals surface area contributed by atoms with Crippen LogP contribution in [0.5, 0.6) is 5.75 Å². The normalized spacial score (nSPS) is 14.1. The Morgan fingerprint density at radius 1 is 1.00 bits per heavy atom. The predicted molar refractivity (Wildman–Crippen MR) is 119 cm³/mol. The van der Waals surface area contributed by atoms with Crippen molar-refractivity contribution in [3.8, 4) is 11.4 Å². The van der Waals surface area contributed by atoms with Crippen LogP contribution >= 0.6 is 0 Å². The number of likely N-dealkylation sites (N-methyl/N-ethyl adjacent to an activating group) is 1. The number of hydrogen-bond acceptors (Lipinski definition) is 3. The molecule has 0 radical (unpaired) electrons. The Kier molecular flexibility index (Phi) is 4.68. The second-order valence-electron chi connectivity index (χ2n) is 8.02. The van der Waals surface area contributed by atoms with Crippen molar-refractivity contribution in [2.45, 2.75) is 19.6 Å². The van der Waals surface area contributed by atoms with Crippen LogP contribution in [0.3, 0.4) is 0 Å². The third kappa shape index (κ3) is 3.31. The van der Waals surface area contributed by atoms with E-state index in [4.69, 9.17) is 4.74 Å². The zero-order valence-corrected chi connectivity index (χ0v) is 17.3. The van der Waals surface area contributed by atoms with Crippen LogP contribution in [0, 0.1) is 0 Å². The third-order valence-corrected chi connectivity index (χ3v) is 6.00. The summed E-state index contributed by atoms with van der Waals surface area (Å²) in [6, 6.07) is 19.6. The number of aromatic nitrogens is 2. The number of benzene rings is 2. The van der Waals surface area contributed by atoms with Crippen molar-refractivity contribution in [1.29, 1.82) is 0 Å². The molecule has 5 rings (SSSR count). The highest BCUT2D eigenvalue weighted by Gasteiger charge is 2.21. The molecular weight excluding hydrogens is 374 g/mol. The fraction of sp³-hybridized carbons (Fsp3) is 0.240. The molecule has 2 aromatic heterocycles. The van der Waals surface area contributed by atoms with Crippen molar-refractivity contribution < 1.29 is 4.74 Å². The Morgan fingerprint density at radius 3 is 2.63 bits per heavy atom. The number of fused-ring (bicyclic) bond motifs is 3. The van der Waals surface area contributed by atoms with E-state index in [9.17, 15) is 4.79 Å². The standard InChI is InChI=1S/C25H25N3O2/c1-26-12-11-23-22(16-26)21-9-8-19(14-24(21)27(23)2)28-13-10-20(15-25(28)29)30-17-18-6-4-3-5-7-18/h3-10,13-15H,11-12,16-17H2,1-2H3. The molecule has 1 aliphatic rings. The molecule has 0 saturated carbocycles. The van der Waals surface area contributed by atoms with E-state index >= 15 is 0 Å². The Morgan fingerprint density at radius 2 is 1.83 bits per heavy atom. The van der Waals surface area contributed by atoms with Gasteiger partial charge in [0.1, 0.15) is 12.4 Å². The van der Waals surface area contributed by atoms with Gasteiger partial charge in [-0.15, -0.1) is 0 Å². The van der Waals surface area contributed by atoms with Crippen molar-refractivity contribution in [2.75, 3.05) is 13.6 Å². The van der Waals surface area contributed by atoms with Crippen LogP contribution in [-0.4, -0.2) is 27.6 Å². The van der Waals surface area contributed by atoms with Crippen molar-refractivity contribution in [3.05, 3.63) is 94.0 Å². The van der Waals surface area contributed by atoms with Gasteiger partial charge < -0.3 is 14.2 Å². The van der Waals surface area contributed by atoms with Gasteiger partial charge in [0.05, 0.1) is 11.2 Å². The molecule has 0 atom stereocenters. The van der Waals surface area contributed by atoms with Gasteiger partial charge >= 0.3 is 0 Å². The lowest BCUT2D eigenvalue weighted by Crippen LogP contribution is -2.26. The molecule has 0 fully saturated rings. The lowest BCUT2D eigenvalue weighted by atomic mass is 10.0. The second-order valence-corrected chi connectivity index (χ2v) is 8.02. The number of aryl methyl sites for hydroxylation is 1. The van der Waals surface area contributed by atoms with Crippen LogP contribution in [0.2, 0.25) is 0 Å². The third-order valence-electron chi connectivity index (χ3n) is 6.00. The maximum atomic E-state index is 12.8. The summed E-state index contributed by atoms with van der Waals surface area (Å²) >= 11 is 0. The van der Waals surface area contributed by atoms with Gasteiger partial charge in [0.25, 0.3) is 5.56 Å². The second kappa shape index (κ2) is 7.50. The quantitative estimate of drug-likeness (QED) is 0.523. The van der Waals surface area contributed by atoms with Gasteiger partial charge in [-0.05, 0) is 36.4 Å². The van der Waals surface area contributed by atoms with Gasteiger partial charge in [-0.3, -0.25) is 9.36 Å². The lowest BCUT2D eigenvalue weighted by molar-refractivity contribution is 0.305. The van der Waals surface area contributed by atoms with Gasteiger partial charge in [0.15, 0.2) is 0 Å². The molecule has 0 unspecified atom stereocenters. The molecule has 5 nitrogen and oxygen atoms in total. The number of nitrogens with zero attached hydrogens (tertiary/aromatic N) is 3. The van der Waals surface area contributed by atoms with E-state index in [-0.39, 0.29) is 5.56 Å². The Bertz CT molecular complexity index is 1270. The summed E-state index contributed by atoms with van der Waals surface area (Å²) in [6.45, 7) is 2.49. The molecule has 1 aliphatic heterocycles. The fourth-order valence-electron chi connectivity index (χ4n) is 4.35. The molecule has 0 aliphatic carbocycles. The average molecular weight is 399 g/mol. The number of rotatable bonds is 4. The van der Waals surface area contributed by atoms with Crippen molar-refractivity contribution in [3.63, 3.8) is 0 Å². The summed E-state index contributed by atoms with van der Waals surface area (Å²) in [5.41, 5.74) is 5.82. The van der Waals surface area contributed by atoms with Gasteiger partial charge in [-0.25, -0.2) is 0 Å². The van der Waals surface area contributed by atoms with E-state index in [0.717, 1.165) is 30.8 Å². The minimum absolute atomic E-state index is 0.0985. The summed E-state index contributed by atoms with van der Waals surface area (Å²) in [7, 11) is 4.29. The first kappa shape index (κ1) is 18.7. The van der Waals surface area contributed by atoms with Gasteiger partial charge in [-0.2, -0.15) is 0 Å². The summed E-state index contributed by atoms with van der Waals surface area (Å²) in [6.07, 6.45) is 2.85. The molecule has 0 spiro atoms. The summed E-state index contributed by atoms with van der Waals surface area (Å²) in [5, 5.41) is 1.28. The molecule has 30 heavy (non-hydrogen) atoms. The molecule has 152 valence electrons. The summed E-state index contributed by atoms with van der Waals surface area (Å²) in [5.74, 6) is 0.582. The van der Waals surface area contributed by atoms with E-state index in [1.54, 1.807) is 16.8 Å². The van der Waals surface area contributed by atoms with Crippen LogP contribution < -0.4 is 10.3 Å². The number of hydrogen-bond donors (Lipinski definition) is 0. The molecule has 0 bridgehead atoms. The van der Waals surface area contributed by atoms with E-state index in [1.165, 1.54) is 22.2 Å². The molecular formula is C25H25N3O2. The zero-order chi connectivity index (χ0) is 20.7. The first-order valence-corrected chi connectivity index (χ1v) is 10.3. The fourth-order valence-corrected chi connectivity index (χ4v) is 4.35. The SMILES string of the molecule is CN1CCc2c(c3ccc(-n4ccc(OCc5ccccc5)cc4=O)cc3n2C)C1. The molecule has 5 heteroatoms. The number of ether oxygens (including phenoxy) is 1. The van der Waals surface area contributed by atoms with Crippen LogP contribution in [-0.2, 0) is 26.6 Å². The van der Waals surface area contributed by atoms with Gasteiger partial charge in [0.2, 0.25) is 0 Å². The van der Waals surface area contributed by atoms with Crippen LogP contribution in [0.25, 0.3) is 16.6 Å². The Labute approximate surface area is 175 Å².